The number of carbonyl (C=O) groups is 1. The molecule has 0 bridgehead atoms. The van der Waals surface area contributed by atoms with Crippen LogP contribution in [0.25, 0.3) is 0 Å². The van der Waals surface area contributed by atoms with Gasteiger partial charge in [-0.2, -0.15) is 4.98 Å². The van der Waals surface area contributed by atoms with Crippen molar-refractivity contribution in [2.75, 3.05) is 18.5 Å². The number of nitrogens with one attached hydrogen (secondary N) is 1. The Morgan fingerprint density at radius 3 is 2.94 bits per heavy atom. The third kappa shape index (κ3) is 6.03. The molecule has 0 saturated heterocycles. The number of aliphatic carboxylic acids is 1. The highest BCUT2D eigenvalue weighted by Gasteiger charge is 2.02. The summed E-state index contributed by atoms with van der Waals surface area (Å²) in [6, 6.07) is 0. The minimum absolute atomic E-state index is 0.143. The van der Waals surface area contributed by atoms with E-state index in [2.05, 4.69) is 29.1 Å². The van der Waals surface area contributed by atoms with Gasteiger partial charge in [0.15, 0.2) is 0 Å². The molecule has 0 aromatic carbocycles. The molecule has 0 aliphatic rings. The smallest absolute Gasteiger partial charge is 0.303 e. The Morgan fingerprint density at radius 1 is 1.50 bits per heavy atom. The molecule has 0 atom stereocenters. The van der Waals surface area contributed by atoms with E-state index in [1.807, 2.05) is 0 Å². The van der Waals surface area contributed by atoms with E-state index in [1.165, 1.54) is 0 Å². The third-order valence-electron chi connectivity index (χ3n) is 2.05. The average molecular weight is 253 g/mol. The van der Waals surface area contributed by atoms with E-state index in [9.17, 15) is 4.79 Å². The molecule has 0 spiro atoms. The lowest BCUT2D eigenvalue weighted by molar-refractivity contribution is -0.137. The van der Waals surface area contributed by atoms with Crippen molar-refractivity contribution in [3.63, 3.8) is 0 Å². The standard InChI is InChI=1S/C12H19N3O3/c1-9(2)8-18-11-7-13-6-10(15-11)14-5-3-4-12(16)17/h6-7,9H,3-5,8H2,1-2H3,(H,14,15)(H,16,17). The molecule has 0 radical (unpaired) electrons. The van der Waals surface area contributed by atoms with Gasteiger partial charge in [0.1, 0.15) is 5.82 Å². The maximum absolute atomic E-state index is 10.3. The molecule has 1 heterocycles. The molecule has 0 aliphatic heterocycles. The fraction of sp³-hybridized carbons (Fsp3) is 0.583. The second kappa shape index (κ2) is 7.47. The van der Waals surface area contributed by atoms with Crippen LogP contribution in [0.5, 0.6) is 5.88 Å². The molecule has 0 amide bonds. The first kappa shape index (κ1) is 14.2. The van der Waals surface area contributed by atoms with E-state index in [1.54, 1.807) is 12.4 Å². The van der Waals surface area contributed by atoms with Crippen LogP contribution in [0.15, 0.2) is 12.4 Å². The van der Waals surface area contributed by atoms with Gasteiger partial charge in [-0.05, 0) is 12.3 Å². The highest BCUT2D eigenvalue weighted by Crippen LogP contribution is 2.10. The van der Waals surface area contributed by atoms with E-state index in [0.29, 0.717) is 37.2 Å². The lowest BCUT2D eigenvalue weighted by Crippen LogP contribution is -2.09. The van der Waals surface area contributed by atoms with Crippen LogP contribution in [0.2, 0.25) is 0 Å². The largest absolute Gasteiger partial charge is 0.481 e. The predicted octanol–water partition coefficient (Wildman–Crippen LogP) is 1.79. The third-order valence-corrected chi connectivity index (χ3v) is 2.05. The Bertz CT molecular complexity index is 383. The van der Waals surface area contributed by atoms with Crippen molar-refractivity contribution < 1.29 is 14.6 Å². The Labute approximate surface area is 106 Å². The van der Waals surface area contributed by atoms with E-state index >= 15 is 0 Å². The number of carboxylic acid groups (broad SMARTS) is 1. The molecule has 1 aromatic rings. The van der Waals surface area contributed by atoms with Crippen molar-refractivity contribution in [1.82, 2.24) is 9.97 Å². The van der Waals surface area contributed by atoms with Crippen LogP contribution >= 0.6 is 0 Å². The van der Waals surface area contributed by atoms with E-state index in [0.717, 1.165) is 0 Å². The van der Waals surface area contributed by atoms with Crippen molar-refractivity contribution in [3.8, 4) is 5.88 Å². The summed E-state index contributed by atoms with van der Waals surface area (Å²) in [4.78, 5) is 18.6. The maximum atomic E-state index is 10.3. The van der Waals surface area contributed by atoms with Crippen molar-refractivity contribution in [2.45, 2.75) is 26.7 Å². The second-order valence-corrected chi connectivity index (χ2v) is 4.37. The first-order chi connectivity index (χ1) is 8.58. The molecule has 2 N–H and O–H groups in total. The van der Waals surface area contributed by atoms with Gasteiger partial charge in [-0.25, -0.2) is 0 Å². The number of ether oxygens (including phenoxy) is 1. The van der Waals surface area contributed by atoms with Crippen LogP contribution in [0.3, 0.4) is 0 Å². The van der Waals surface area contributed by atoms with Crippen LogP contribution in [-0.2, 0) is 4.79 Å². The van der Waals surface area contributed by atoms with Gasteiger partial charge < -0.3 is 15.2 Å². The average Bonchev–Trinajstić information content (AvgIpc) is 2.32. The molecule has 0 aliphatic carbocycles. The molecule has 100 valence electrons. The summed E-state index contributed by atoms with van der Waals surface area (Å²) in [5, 5.41) is 11.5. The molecule has 0 saturated carbocycles. The molecular formula is C12H19N3O3. The molecule has 1 rings (SSSR count). The van der Waals surface area contributed by atoms with Crippen LogP contribution in [-0.4, -0.2) is 34.2 Å². The Balaban J connectivity index is 2.37. The number of aromatic nitrogens is 2. The highest BCUT2D eigenvalue weighted by molar-refractivity contribution is 5.66. The summed E-state index contributed by atoms with van der Waals surface area (Å²) in [6.07, 6.45) is 3.84. The number of carboxylic acids is 1. The zero-order valence-electron chi connectivity index (χ0n) is 10.7. The Hall–Kier alpha value is -1.85. The minimum Gasteiger partial charge on any atom is -0.481 e. The monoisotopic (exact) mass is 253 g/mol. The van der Waals surface area contributed by atoms with Crippen molar-refractivity contribution in [2.24, 2.45) is 5.92 Å². The second-order valence-electron chi connectivity index (χ2n) is 4.37. The first-order valence-electron chi connectivity index (χ1n) is 5.98. The lowest BCUT2D eigenvalue weighted by atomic mass is 10.2. The van der Waals surface area contributed by atoms with Gasteiger partial charge in [0.25, 0.3) is 0 Å². The summed E-state index contributed by atoms with van der Waals surface area (Å²) in [7, 11) is 0. The molecule has 6 heteroatoms. The zero-order valence-corrected chi connectivity index (χ0v) is 10.7. The molecular weight excluding hydrogens is 234 g/mol. The molecule has 18 heavy (non-hydrogen) atoms. The van der Waals surface area contributed by atoms with Gasteiger partial charge in [0.2, 0.25) is 5.88 Å². The minimum atomic E-state index is -0.795. The first-order valence-corrected chi connectivity index (χ1v) is 5.98. The molecule has 6 nitrogen and oxygen atoms in total. The van der Waals surface area contributed by atoms with Gasteiger partial charge in [0, 0.05) is 13.0 Å². The summed E-state index contributed by atoms with van der Waals surface area (Å²) in [5.74, 6) is 0.712. The lowest BCUT2D eigenvalue weighted by Gasteiger charge is -2.09. The van der Waals surface area contributed by atoms with E-state index < -0.39 is 5.97 Å². The van der Waals surface area contributed by atoms with Crippen LogP contribution in [0.1, 0.15) is 26.7 Å². The predicted molar refractivity (Wildman–Crippen MR) is 67.7 cm³/mol. The molecule has 0 unspecified atom stereocenters. The number of hydrogen-bond donors (Lipinski definition) is 2. The van der Waals surface area contributed by atoms with Gasteiger partial charge in [0.05, 0.1) is 19.0 Å². The summed E-state index contributed by atoms with van der Waals surface area (Å²) < 4.78 is 5.44. The van der Waals surface area contributed by atoms with Gasteiger partial charge in [-0.3, -0.25) is 9.78 Å². The van der Waals surface area contributed by atoms with Crippen molar-refractivity contribution >= 4 is 11.8 Å². The number of anilines is 1. The fourth-order valence-corrected chi connectivity index (χ4v) is 1.21. The topological polar surface area (TPSA) is 84.3 Å². The molecule has 0 fully saturated rings. The van der Waals surface area contributed by atoms with Crippen LogP contribution in [0.4, 0.5) is 5.82 Å². The van der Waals surface area contributed by atoms with Crippen LogP contribution < -0.4 is 10.1 Å². The quantitative estimate of drug-likeness (QED) is 0.687. The fourth-order valence-electron chi connectivity index (χ4n) is 1.21. The summed E-state index contributed by atoms with van der Waals surface area (Å²) in [6.45, 7) is 5.26. The van der Waals surface area contributed by atoms with E-state index in [4.69, 9.17) is 9.84 Å². The zero-order chi connectivity index (χ0) is 13.4. The normalized spacial score (nSPS) is 10.4. The van der Waals surface area contributed by atoms with E-state index in [-0.39, 0.29) is 6.42 Å². The highest BCUT2D eigenvalue weighted by atomic mass is 16.5. The summed E-state index contributed by atoms with van der Waals surface area (Å²) >= 11 is 0. The van der Waals surface area contributed by atoms with Gasteiger partial charge in [-0.15, -0.1) is 0 Å². The molecule has 1 aromatic heterocycles. The Morgan fingerprint density at radius 2 is 2.28 bits per heavy atom. The number of nitrogens with zero attached hydrogens (tertiary/aromatic N) is 2. The number of rotatable bonds is 8. The van der Waals surface area contributed by atoms with Crippen LogP contribution in [0, 0.1) is 5.92 Å². The SMILES string of the molecule is CC(C)COc1cncc(NCCCC(=O)O)n1. The van der Waals surface area contributed by atoms with Crippen molar-refractivity contribution in [1.29, 1.82) is 0 Å². The Kier molecular flexibility index (Phi) is 5.90. The summed E-state index contributed by atoms with van der Waals surface area (Å²) in [5.41, 5.74) is 0. The van der Waals surface area contributed by atoms with Gasteiger partial charge >= 0.3 is 5.97 Å². The maximum Gasteiger partial charge on any atom is 0.303 e. The van der Waals surface area contributed by atoms with Gasteiger partial charge in [-0.1, -0.05) is 13.8 Å². The van der Waals surface area contributed by atoms with Crippen molar-refractivity contribution in [3.05, 3.63) is 12.4 Å². The number of hydrogen-bond acceptors (Lipinski definition) is 5.